The second-order valence-corrected chi connectivity index (χ2v) is 5.41. The Morgan fingerprint density at radius 1 is 1.27 bits per heavy atom. The van der Waals surface area contributed by atoms with Crippen molar-refractivity contribution < 1.29 is 4.79 Å². The zero-order chi connectivity index (χ0) is 16.3. The molecule has 0 aliphatic heterocycles. The van der Waals surface area contributed by atoms with Crippen molar-refractivity contribution in [2.45, 2.75) is 19.5 Å². The molecule has 6 nitrogen and oxygen atoms in total. The largest absolute Gasteiger partial charge is 0.337 e. The molecule has 1 atom stereocenters. The van der Waals surface area contributed by atoms with E-state index in [1.165, 1.54) is 12.3 Å². The molecule has 1 N–H and O–H groups in total. The summed E-state index contributed by atoms with van der Waals surface area (Å²) in [4.78, 5) is 38.5. The summed E-state index contributed by atoms with van der Waals surface area (Å²) in [5.41, 5.74) is -0.154. The Bertz CT molecular complexity index is 780. The molecule has 22 heavy (non-hydrogen) atoms. The van der Waals surface area contributed by atoms with Crippen LogP contribution in [0.4, 0.5) is 0 Å². The van der Waals surface area contributed by atoms with Crippen LogP contribution in [0.15, 0.2) is 46.1 Å². The van der Waals surface area contributed by atoms with Crippen molar-refractivity contribution in [3.63, 3.8) is 0 Å². The number of hydrogen-bond acceptors (Lipinski definition) is 3. The quantitative estimate of drug-likeness (QED) is 0.925. The molecule has 0 saturated heterocycles. The first kappa shape index (κ1) is 16.0. The minimum absolute atomic E-state index is 0.135. The van der Waals surface area contributed by atoms with Gasteiger partial charge in [0.05, 0.1) is 6.04 Å². The first-order valence-corrected chi connectivity index (χ1v) is 7.07. The highest BCUT2D eigenvalue weighted by molar-refractivity contribution is 6.30. The molecule has 116 valence electrons. The summed E-state index contributed by atoms with van der Waals surface area (Å²) in [5, 5.41) is 0.629. The van der Waals surface area contributed by atoms with Gasteiger partial charge in [-0.2, -0.15) is 0 Å². The van der Waals surface area contributed by atoms with Crippen LogP contribution < -0.4 is 11.2 Å². The number of hydrogen-bond donors (Lipinski definition) is 1. The average molecular weight is 322 g/mol. The number of H-pyrrole nitrogens is 1. The summed E-state index contributed by atoms with van der Waals surface area (Å²) in [7, 11) is 1.67. The second-order valence-electron chi connectivity index (χ2n) is 4.97. The highest BCUT2D eigenvalue weighted by Gasteiger charge is 2.18. The van der Waals surface area contributed by atoms with Crippen LogP contribution in [-0.2, 0) is 11.3 Å². The normalized spacial score (nSPS) is 12.0. The van der Waals surface area contributed by atoms with Gasteiger partial charge in [-0.3, -0.25) is 19.1 Å². The Morgan fingerprint density at radius 3 is 2.50 bits per heavy atom. The molecule has 0 fully saturated rings. The standard InChI is InChI=1S/C15H16ClN3O3/c1-10(11-3-5-12(16)6-4-11)18(2)14(21)9-19-8-7-13(20)17-15(19)22/h3-8,10H,9H2,1-2H3,(H,17,20,22)/t10-/m0/s1. The zero-order valence-corrected chi connectivity index (χ0v) is 13.0. The van der Waals surface area contributed by atoms with E-state index in [1.807, 2.05) is 19.1 Å². The number of nitrogens with one attached hydrogen (secondary N) is 1. The Labute approximate surface area is 132 Å². The predicted octanol–water partition coefficient (Wildman–Crippen LogP) is 1.41. The van der Waals surface area contributed by atoms with E-state index in [2.05, 4.69) is 4.98 Å². The van der Waals surface area contributed by atoms with Crippen molar-refractivity contribution in [3.8, 4) is 0 Å². The first-order valence-electron chi connectivity index (χ1n) is 6.69. The van der Waals surface area contributed by atoms with Crippen molar-refractivity contribution >= 4 is 17.5 Å². The molecular weight excluding hydrogens is 306 g/mol. The van der Waals surface area contributed by atoms with Gasteiger partial charge in [-0.15, -0.1) is 0 Å². The van der Waals surface area contributed by atoms with Crippen LogP contribution in [0.2, 0.25) is 5.02 Å². The number of benzene rings is 1. The van der Waals surface area contributed by atoms with Gasteiger partial charge in [0.2, 0.25) is 5.91 Å². The van der Waals surface area contributed by atoms with Gasteiger partial charge in [-0.25, -0.2) is 4.79 Å². The van der Waals surface area contributed by atoms with Crippen molar-refractivity contribution in [3.05, 3.63) is 68.0 Å². The molecule has 0 spiro atoms. The van der Waals surface area contributed by atoms with Crippen LogP contribution >= 0.6 is 11.6 Å². The lowest BCUT2D eigenvalue weighted by Gasteiger charge is -2.25. The maximum atomic E-state index is 12.3. The third-order valence-electron chi connectivity index (χ3n) is 3.53. The first-order chi connectivity index (χ1) is 10.4. The van der Waals surface area contributed by atoms with Gasteiger partial charge in [-0.1, -0.05) is 23.7 Å². The Hall–Kier alpha value is -2.34. The van der Waals surface area contributed by atoms with Gasteiger partial charge >= 0.3 is 5.69 Å². The van der Waals surface area contributed by atoms with Crippen LogP contribution in [-0.4, -0.2) is 27.4 Å². The fourth-order valence-corrected chi connectivity index (χ4v) is 2.13. The number of carbonyl (C=O) groups excluding carboxylic acids is 1. The maximum Gasteiger partial charge on any atom is 0.328 e. The van der Waals surface area contributed by atoms with Crippen molar-refractivity contribution in [2.24, 2.45) is 0 Å². The topological polar surface area (TPSA) is 75.2 Å². The molecule has 1 heterocycles. The summed E-state index contributed by atoms with van der Waals surface area (Å²) in [6.45, 7) is 1.75. The van der Waals surface area contributed by atoms with Gasteiger partial charge in [-0.05, 0) is 24.6 Å². The number of amides is 1. The van der Waals surface area contributed by atoms with E-state index in [0.29, 0.717) is 5.02 Å². The predicted molar refractivity (Wildman–Crippen MR) is 84.0 cm³/mol. The Morgan fingerprint density at radius 2 is 1.91 bits per heavy atom. The average Bonchev–Trinajstić information content (AvgIpc) is 2.49. The van der Waals surface area contributed by atoms with Gasteiger partial charge in [0.25, 0.3) is 5.56 Å². The minimum atomic E-state index is -0.603. The van der Waals surface area contributed by atoms with Crippen molar-refractivity contribution in [1.82, 2.24) is 14.5 Å². The second kappa shape index (κ2) is 6.62. The molecular formula is C15H16ClN3O3. The fourth-order valence-electron chi connectivity index (χ4n) is 2.01. The number of carbonyl (C=O) groups is 1. The van der Waals surface area contributed by atoms with Gasteiger partial charge in [0.15, 0.2) is 0 Å². The maximum absolute atomic E-state index is 12.3. The number of rotatable bonds is 4. The molecule has 1 amide bonds. The summed E-state index contributed by atoms with van der Waals surface area (Å²) in [5.74, 6) is -0.239. The number of aromatic amines is 1. The van der Waals surface area contributed by atoms with Gasteiger partial charge < -0.3 is 4.90 Å². The Balaban J connectivity index is 2.13. The van der Waals surface area contributed by atoms with E-state index in [1.54, 1.807) is 24.1 Å². The highest BCUT2D eigenvalue weighted by Crippen LogP contribution is 2.20. The molecule has 0 saturated carbocycles. The smallest absolute Gasteiger partial charge is 0.328 e. The highest BCUT2D eigenvalue weighted by atomic mass is 35.5. The fraction of sp³-hybridized carbons (Fsp3) is 0.267. The monoisotopic (exact) mass is 321 g/mol. The number of likely N-dealkylation sites (N-methyl/N-ethyl adjacent to an activating group) is 1. The number of aromatic nitrogens is 2. The molecule has 0 aliphatic rings. The van der Waals surface area contributed by atoms with E-state index in [9.17, 15) is 14.4 Å². The number of halogens is 1. The van der Waals surface area contributed by atoms with E-state index >= 15 is 0 Å². The van der Waals surface area contributed by atoms with Crippen LogP contribution in [0, 0.1) is 0 Å². The van der Waals surface area contributed by atoms with Crippen molar-refractivity contribution in [2.75, 3.05) is 7.05 Å². The van der Waals surface area contributed by atoms with Crippen LogP contribution in [0.5, 0.6) is 0 Å². The van der Waals surface area contributed by atoms with Crippen LogP contribution in [0.3, 0.4) is 0 Å². The summed E-state index contributed by atoms with van der Waals surface area (Å²) in [6.07, 6.45) is 1.31. The van der Waals surface area contributed by atoms with Gasteiger partial charge in [0.1, 0.15) is 6.54 Å². The van der Waals surface area contributed by atoms with E-state index < -0.39 is 11.2 Å². The van der Waals surface area contributed by atoms with Crippen molar-refractivity contribution in [1.29, 1.82) is 0 Å². The molecule has 0 radical (unpaired) electrons. The lowest BCUT2D eigenvalue weighted by molar-refractivity contribution is -0.132. The molecule has 1 aromatic heterocycles. The zero-order valence-electron chi connectivity index (χ0n) is 12.2. The summed E-state index contributed by atoms with van der Waals surface area (Å²) < 4.78 is 1.16. The van der Waals surface area contributed by atoms with Crippen LogP contribution in [0.25, 0.3) is 0 Å². The van der Waals surface area contributed by atoms with E-state index in [-0.39, 0.29) is 18.5 Å². The minimum Gasteiger partial charge on any atom is -0.337 e. The molecule has 0 bridgehead atoms. The SMILES string of the molecule is C[C@@H](c1ccc(Cl)cc1)N(C)C(=O)Cn1ccc(=O)[nH]c1=O. The number of nitrogens with zero attached hydrogens (tertiary/aromatic N) is 2. The van der Waals surface area contributed by atoms with E-state index in [0.717, 1.165) is 10.1 Å². The molecule has 1 aromatic carbocycles. The Kier molecular flexibility index (Phi) is 4.82. The molecule has 0 unspecified atom stereocenters. The third-order valence-corrected chi connectivity index (χ3v) is 3.78. The molecule has 2 rings (SSSR count). The lowest BCUT2D eigenvalue weighted by atomic mass is 10.1. The van der Waals surface area contributed by atoms with E-state index in [4.69, 9.17) is 11.6 Å². The molecule has 7 heteroatoms. The third kappa shape index (κ3) is 3.65. The molecule has 0 aliphatic carbocycles. The summed E-state index contributed by atoms with van der Waals surface area (Å²) in [6, 6.07) is 8.27. The van der Waals surface area contributed by atoms with Gasteiger partial charge in [0, 0.05) is 24.3 Å². The summed E-state index contributed by atoms with van der Waals surface area (Å²) >= 11 is 5.85. The van der Waals surface area contributed by atoms with Crippen LogP contribution in [0.1, 0.15) is 18.5 Å². The lowest BCUT2D eigenvalue weighted by Crippen LogP contribution is -2.37. The molecule has 2 aromatic rings.